The summed E-state index contributed by atoms with van der Waals surface area (Å²) in [5, 5.41) is 31.1. The zero-order chi connectivity index (χ0) is 18.5. The van der Waals surface area contributed by atoms with Crippen molar-refractivity contribution in [3.05, 3.63) is 65.9 Å². The maximum atomic E-state index is 12.4. The Balaban J connectivity index is 1.95. The maximum Gasteiger partial charge on any atom is 0.266 e. The van der Waals surface area contributed by atoms with Crippen molar-refractivity contribution in [1.29, 1.82) is 10.5 Å². The highest BCUT2D eigenvalue weighted by molar-refractivity contribution is 6.10. The van der Waals surface area contributed by atoms with E-state index in [0.29, 0.717) is 11.3 Å². The van der Waals surface area contributed by atoms with Crippen LogP contribution in [0.2, 0.25) is 0 Å². The Morgan fingerprint density at radius 3 is 2.58 bits per heavy atom. The van der Waals surface area contributed by atoms with Gasteiger partial charge in [-0.2, -0.15) is 10.5 Å². The average Bonchev–Trinajstić information content (AvgIpc) is 2.99. The van der Waals surface area contributed by atoms with Crippen LogP contribution in [0.1, 0.15) is 5.56 Å². The third-order valence-corrected chi connectivity index (χ3v) is 3.85. The van der Waals surface area contributed by atoms with Gasteiger partial charge < -0.3 is 15.0 Å². The van der Waals surface area contributed by atoms with Crippen molar-refractivity contribution in [3.8, 4) is 17.9 Å². The van der Waals surface area contributed by atoms with E-state index < -0.39 is 5.91 Å². The van der Waals surface area contributed by atoms with E-state index in [0.717, 1.165) is 10.9 Å². The van der Waals surface area contributed by atoms with E-state index in [1.165, 1.54) is 18.2 Å². The Hall–Kier alpha value is -4.03. The fourth-order valence-corrected chi connectivity index (χ4v) is 2.64. The summed E-state index contributed by atoms with van der Waals surface area (Å²) in [7, 11) is 0. The van der Waals surface area contributed by atoms with Crippen molar-refractivity contribution in [2.24, 2.45) is 0 Å². The third-order valence-electron chi connectivity index (χ3n) is 3.85. The van der Waals surface area contributed by atoms with Gasteiger partial charge in [0, 0.05) is 28.4 Å². The lowest BCUT2D eigenvalue weighted by Gasteiger charge is -2.04. The number of fused-ring (bicyclic) bond motifs is 1. The molecular weight excluding hydrogens is 328 g/mol. The minimum Gasteiger partial charge on any atom is -0.508 e. The normalized spacial score (nSPS) is 10.9. The van der Waals surface area contributed by atoms with E-state index in [9.17, 15) is 15.2 Å². The molecule has 1 aromatic heterocycles. The molecule has 0 aliphatic heterocycles. The van der Waals surface area contributed by atoms with Crippen LogP contribution < -0.4 is 5.32 Å². The van der Waals surface area contributed by atoms with Crippen molar-refractivity contribution in [2.45, 2.75) is 6.54 Å². The molecule has 0 spiro atoms. The predicted molar refractivity (Wildman–Crippen MR) is 97.9 cm³/mol. The van der Waals surface area contributed by atoms with Crippen molar-refractivity contribution < 1.29 is 9.90 Å². The van der Waals surface area contributed by atoms with Gasteiger partial charge in [-0.05, 0) is 36.4 Å². The highest BCUT2D eigenvalue weighted by Gasteiger charge is 2.12. The molecule has 0 bridgehead atoms. The second kappa shape index (κ2) is 7.25. The number of nitriles is 2. The first-order valence-corrected chi connectivity index (χ1v) is 7.79. The summed E-state index contributed by atoms with van der Waals surface area (Å²) in [5.74, 6) is -0.459. The number of phenols is 1. The first-order chi connectivity index (χ1) is 12.6. The second-order valence-electron chi connectivity index (χ2n) is 5.56. The summed E-state index contributed by atoms with van der Waals surface area (Å²) in [5.41, 5.74) is 1.96. The number of aromatic nitrogens is 1. The SMILES string of the molecule is N#CCn1cc(/C=C(/C#N)C(=O)Nc2ccc(O)cc2)c2ccccc21. The first kappa shape index (κ1) is 16.8. The summed E-state index contributed by atoms with van der Waals surface area (Å²) in [6.45, 7) is 0.177. The molecule has 0 fully saturated rings. The third kappa shape index (κ3) is 3.40. The maximum absolute atomic E-state index is 12.4. The van der Waals surface area contributed by atoms with Crippen LogP contribution in [-0.4, -0.2) is 15.6 Å². The van der Waals surface area contributed by atoms with Crippen LogP contribution in [0.25, 0.3) is 17.0 Å². The Morgan fingerprint density at radius 2 is 1.88 bits per heavy atom. The minimum atomic E-state index is -0.546. The number of benzene rings is 2. The Kier molecular flexibility index (Phi) is 4.69. The van der Waals surface area contributed by atoms with Crippen LogP contribution in [0.15, 0.2) is 60.3 Å². The number of hydrogen-bond acceptors (Lipinski definition) is 4. The van der Waals surface area contributed by atoms with Crippen LogP contribution in [-0.2, 0) is 11.3 Å². The van der Waals surface area contributed by atoms with E-state index in [2.05, 4.69) is 11.4 Å². The Bertz CT molecular complexity index is 1080. The first-order valence-electron chi connectivity index (χ1n) is 7.79. The molecular formula is C20H14N4O2. The van der Waals surface area contributed by atoms with Crippen LogP contribution in [0, 0.1) is 22.7 Å². The van der Waals surface area contributed by atoms with Crippen LogP contribution >= 0.6 is 0 Å². The van der Waals surface area contributed by atoms with Crippen molar-refractivity contribution in [3.63, 3.8) is 0 Å². The fourth-order valence-electron chi connectivity index (χ4n) is 2.64. The average molecular weight is 342 g/mol. The molecule has 2 N–H and O–H groups in total. The van der Waals surface area contributed by atoms with Gasteiger partial charge in [-0.15, -0.1) is 0 Å². The Morgan fingerprint density at radius 1 is 1.15 bits per heavy atom. The lowest BCUT2D eigenvalue weighted by Crippen LogP contribution is -2.13. The number of nitrogens with zero attached hydrogens (tertiary/aromatic N) is 3. The van der Waals surface area contributed by atoms with Crippen molar-refractivity contribution >= 4 is 28.6 Å². The number of carbonyl (C=O) groups excluding carboxylic acids is 1. The number of anilines is 1. The summed E-state index contributed by atoms with van der Waals surface area (Å²) in [6.07, 6.45) is 3.25. The summed E-state index contributed by atoms with van der Waals surface area (Å²) < 4.78 is 1.77. The Labute approximate surface area is 149 Å². The van der Waals surface area contributed by atoms with E-state index >= 15 is 0 Å². The molecule has 0 aliphatic rings. The highest BCUT2D eigenvalue weighted by Crippen LogP contribution is 2.24. The quantitative estimate of drug-likeness (QED) is 0.431. The van der Waals surface area contributed by atoms with Gasteiger partial charge in [0.2, 0.25) is 0 Å². The number of aromatic hydroxyl groups is 1. The van der Waals surface area contributed by atoms with Gasteiger partial charge in [0.05, 0.1) is 6.07 Å². The molecule has 126 valence electrons. The number of amides is 1. The number of carbonyl (C=O) groups is 1. The zero-order valence-electron chi connectivity index (χ0n) is 13.7. The molecule has 26 heavy (non-hydrogen) atoms. The van der Waals surface area contributed by atoms with E-state index in [1.807, 2.05) is 30.3 Å². The number of para-hydroxylation sites is 1. The summed E-state index contributed by atoms with van der Waals surface area (Å²) >= 11 is 0. The van der Waals surface area contributed by atoms with Gasteiger partial charge in [0.1, 0.15) is 23.9 Å². The van der Waals surface area contributed by atoms with E-state index in [1.54, 1.807) is 22.9 Å². The topological polar surface area (TPSA) is 102 Å². The molecule has 2 aromatic carbocycles. The molecule has 6 heteroatoms. The number of hydrogen-bond donors (Lipinski definition) is 2. The molecule has 0 unspecified atom stereocenters. The van der Waals surface area contributed by atoms with E-state index in [4.69, 9.17) is 5.26 Å². The van der Waals surface area contributed by atoms with Crippen LogP contribution in [0.5, 0.6) is 5.75 Å². The molecule has 3 aromatic rings. The van der Waals surface area contributed by atoms with Crippen LogP contribution in [0.4, 0.5) is 5.69 Å². The largest absolute Gasteiger partial charge is 0.508 e. The van der Waals surface area contributed by atoms with Crippen molar-refractivity contribution in [1.82, 2.24) is 4.57 Å². The standard InChI is InChI=1S/C20H14N4O2/c21-9-10-24-13-15(18-3-1-2-4-19(18)24)11-14(12-22)20(26)23-16-5-7-17(25)8-6-16/h1-8,11,13,25H,10H2,(H,23,26)/b14-11-. The molecule has 0 atom stereocenters. The smallest absolute Gasteiger partial charge is 0.266 e. The van der Waals surface area contributed by atoms with Crippen LogP contribution in [0.3, 0.4) is 0 Å². The summed E-state index contributed by atoms with van der Waals surface area (Å²) in [4.78, 5) is 12.4. The molecule has 3 rings (SSSR count). The van der Waals surface area contributed by atoms with Gasteiger partial charge in [0.25, 0.3) is 5.91 Å². The minimum absolute atomic E-state index is 0.0575. The molecule has 1 amide bonds. The fraction of sp³-hybridized carbons (Fsp3) is 0.0500. The zero-order valence-corrected chi connectivity index (χ0v) is 13.7. The van der Waals surface area contributed by atoms with Crippen molar-refractivity contribution in [2.75, 3.05) is 5.32 Å². The molecule has 0 aliphatic carbocycles. The number of nitrogens with one attached hydrogen (secondary N) is 1. The highest BCUT2D eigenvalue weighted by atomic mass is 16.3. The van der Waals surface area contributed by atoms with Gasteiger partial charge in [-0.1, -0.05) is 18.2 Å². The molecule has 0 saturated heterocycles. The van der Waals surface area contributed by atoms with Gasteiger partial charge >= 0.3 is 0 Å². The van der Waals surface area contributed by atoms with Gasteiger partial charge in [-0.25, -0.2) is 0 Å². The molecule has 6 nitrogen and oxygen atoms in total. The molecule has 0 saturated carbocycles. The lowest BCUT2D eigenvalue weighted by atomic mass is 10.1. The predicted octanol–water partition coefficient (Wildman–Crippen LogP) is 3.42. The number of rotatable bonds is 4. The van der Waals surface area contributed by atoms with Gasteiger partial charge in [-0.3, -0.25) is 4.79 Å². The molecule has 1 heterocycles. The monoisotopic (exact) mass is 342 g/mol. The summed E-state index contributed by atoms with van der Waals surface area (Å²) in [6, 6.07) is 17.5. The van der Waals surface area contributed by atoms with Gasteiger partial charge in [0.15, 0.2) is 0 Å². The lowest BCUT2D eigenvalue weighted by molar-refractivity contribution is -0.112. The second-order valence-corrected chi connectivity index (χ2v) is 5.56. The van der Waals surface area contributed by atoms with E-state index in [-0.39, 0.29) is 17.9 Å². The molecule has 0 radical (unpaired) electrons. The number of phenolic OH excluding ortho intramolecular Hbond substituents is 1.